The fraction of sp³-hybridized carbons (Fsp3) is 0.469. The van der Waals surface area contributed by atoms with Crippen LogP contribution in [0.4, 0.5) is 0 Å². The van der Waals surface area contributed by atoms with Crippen molar-refractivity contribution in [3.63, 3.8) is 0 Å². The van der Waals surface area contributed by atoms with E-state index in [0.717, 1.165) is 5.56 Å². The molecular weight excluding hydrogens is 556 g/mol. The third-order valence-electron chi connectivity index (χ3n) is 7.87. The summed E-state index contributed by atoms with van der Waals surface area (Å²) >= 11 is 0. The Hall–Kier alpha value is -3.93. The van der Waals surface area contributed by atoms with E-state index in [1.807, 2.05) is 24.3 Å². The second kappa shape index (κ2) is 14.5. The minimum Gasteiger partial charge on any atom is -0.497 e. The number of nitrogens with zero attached hydrogens (tertiary/aromatic N) is 1. The molecule has 232 valence electrons. The number of carbonyl (C=O) groups excluding carboxylic acids is 3. The highest BCUT2D eigenvalue weighted by molar-refractivity contribution is 5.96. The highest BCUT2D eigenvalue weighted by atomic mass is 16.5. The summed E-state index contributed by atoms with van der Waals surface area (Å²) in [6, 6.07) is 9.89. The van der Waals surface area contributed by atoms with Crippen LogP contribution in [0.25, 0.3) is 0 Å². The predicted molar refractivity (Wildman–Crippen MR) is 157 cm³/mol. The molecule has 2 amide bonds. The Morgan fingerprint density at radius 1 is 1.05 bits per heavy atom. The van der Waals surface area contributed by atoms with Crippen LogP contribution in [0.3, 0.4) is 0 Å². The number of Topliss-reactive ketones (excluding diaryl/α,β-unsaturated/α-hetero) is 1. The van der Waals surface area contributed by atoms with E-state index in [4.69, 9.17) is 14.2 Å². The topological polar surface area (TPSA) is 155 Å². The van der Waals surface area contributed by atoms with E-state index < -0.39 is 30.1 Å². The van der Waals surface area contributed by atoms with Crippen LogP contribution in [0.1, 0.15) is 48.8 Å². The molecule has 4 unspecified atom stereocenters. The minimum absolute atomic E-state index is 0.0119. The Morgan fingerprint density at radius 3 is 2.51 bits per heavy atom. The lowest BCUT2D eigenvalue weighted by molar-refractivity contribution is -0.137. The summed E-state index contributed by atoms with van der Waals surface area (Å²) in [5.74, 6) is -0.0960. The zero-order valence-corrected chi connectivity index (χ0v) is 24.7. The highest BCUT2D eigenvalue weighted by Gasteiger charge is 2.51. The molecule has 0 saturated carbocycles. The van der Waals surface area contributed by atoms with Crippen LogP contribution in [0.2, 0.25) is 0 Å². The quantitative estimate of drug-likeness (QED) is 0.255. The van der Waals surface area contributed by atoms with E-state index in [1.54, 1.807) is 30.2 Å². The summed E-state index contributed by atoms with van der Waals surface area (Å²) in [6.45, 7) is 1.17. The Balaban J connectivity index is 1.74. The molecule has 43 heavy (non-hydrogen) atoms. The van der Waals surface area contributed by atoms with Gasteiger partial charge in [-0.1, -0.05) is 12.1 Å². The standard InChI is InChI=1S/C32H40N2O9/c1-19(37)6-4-9-27(38)34(12-10-20-7-5-8-22(14-20)41-2)25-17-24(32(40)33-11-13-35)28-23-15-21(18-36)16-26(42-3)30(23)43-31(28)29(25)39/h5,7-8,14-17,25,28-29,31,35-36,39H,4,6,9-13,18H2,1-3H3,(H,33,40). The number of aliphatic hydroxyl groups is 3. The number of aliphatic hydroxyl groups excluding tert-OH is 3. The molecule has 1 heterocycles. The van der Waals surface area contributed by atoms with Gasteiger partial charge in [0.1, 0.15) is 23.7 Å². The van der Waals surface area contributed by atoms with Gasteiger partial charge in [0.15, 0.2) is 11.5 Å². The molecule has 4 rings (SSSR count). The molecule has 2 aliphatic rings. The Kier molecular flexibility index (Phi) is 10.8. The van der Waals surface area contributed by atoms with Crippen molar-refractivity contribution in [1.29, 1.82) is 0 Å². The smallest absolute Gasteiger partial charge is 0.247 e. The third kappa shape index (κ3) is 7.18. The number of methoxy groups -OCH3 is 2. The lowest BCUT2D eigenvalue weighted by Gasteiger charge is -2.41. The molecule has 1 aliphatic heterocycles. The van der Waals surface area contributed by atoms with Gasteiger partial charge in [0, 0.05) is 37.1 Å². The van der Waals surface area contributed by atoms with Crippen molar-refractivity contribution in [3.05, 3.63) is 64.7 Å². The average Bonchev–Trinajstić information content (AvgIpc) is 3.40. The predicted octanol–water partition coefficient (Wildman–Crippen LogP) is 1.65. The molecule has 0 saturated heterocycles. The highest BCUT2D eigenvalue weighted by Crippen LogP contribution is 2.51. The molecule has 11 nitrogen and oxygen atoms in total. The van der Waals surface area contributed by atoms with Crippen LogP contribution in [0.5, 0.6) is 17.2 Å². The average molecular weight is 597 g/mol. The van der Waals surface area contributed by atoms with Gasteiger partial charge in [-0.2, -0.15) is 0 Å². The van der Waals surface area contributed by atoms with Crippen LogP contribution in [0, 0.1) is 0 Å². The van der Waals surface area contributed by atoms with Crippen LogP contribution in [0.15, 0.2) is 48.0 Å². The van der Waals surface area contributed by atoms with Gasteiger partial charge < -0.3 is 44.5 Å². The van der Waals surface area contributed by atoms with Gasteiger partial charge in [0.05, 0.1) is 39.4 Å². The summed E-state index contributed by atoms with van der Waals surface area (Å²) in [6.07, 6.45) is 0.580. The summed E-state index contributed by atoms with van der Waals surface area (Å²) in [7, 11) is 3.04. The second-order valence-corrected chi connectivity index (χ2v) is 10.8. The largest absolute Gasteiger partial charge is 0.497 e. The normalized spacial score (nSPS) is 20.3. The number of fused-ring (bicyclic) bond motifs is 3. The monoisotopic (exact) mass is 596 g/mol. The molecule has 1 aliphatic carbocycles. The summed E-state index contributed by atoms with van der Waals surface area (Å²) in [5, 5.41) is 33.7. The first kappa shape index (κ1) is 32.0. The van der Waals surface area contributed by atoms with Crippen molar-refractivity contribution in [3.8, 4) is 17.2 Å². The number of hydrogen-bond acceptors (Lipinski definition) is 9. The zero-order valence-electron chi connectivity index (χ0n) is 24.7. The van der Waals surface area contributed by atoms with E-state index in [0.29, 0.717) is 41.2 Å². The van der Waals surface area contributed by atoms with Crippen molar-refractivity contribution >= 4 is 17.6 Å². The summed E-state index contributed by atoms with van der Waals surface area (Å²) in [4.78, 5) is 40.3. The molecule has 11 heteroatoms. The Morgan fingerprint density at radius 2 is 1.84 bits per heavy atom. The lowest BCUT2D eigenvalue weighted by Crippen LogP contribution is -2.56. The number of hydrogen-bond donors (Lipinski definition) is 4. The van der Waals surface area contributed by atoms with Gasteiger partial charge in [0.2, 0.25) is 11.8 Å². The van der Waals surface area contributed by atoms with Gasteiger partial charge in [-0.05, 0) is 61.2 Å². The van der Waals surface area contributed by atoms with Crippen molar-refractivity contribution in [2.24, 2.45) is 0 Å². The van der Waals surface area contributed by atoms with E-state index in [1.165, 1.54) is 14.0 Å². The number of rotatable bonds is 14. The van der Waals surface area contributed by atoms with Crippen LogP contribution < -0.4 is 19.5 Å². The summed E-state index contributed by atoms with van der Waals surface area (Å²) in [5.41, 5.74) is 2.31. The number of amides is 2. The lowest BCUT2D eigenvalue weighted by atomic mass is 9.77. The molecule has 0 fully saturated rings. The molecule has 2 aromatic carbocycles. The maximum absolute atomic E-state index is 13.7. The van der Waals surface area contributed by atoms with Crippen molar-refractivity contribution in [1.82, 2.24) is 10.2 Å². The van der Waals surface area contributed by atoms with Crippen molar-refractivity contribution < 1.29 is 43.9 Å². The minimum atomic E-state index is -1.23. The van der Waals surface area contributed by atoms with Crippen LogP contribution >= 0.6 is 0 Å². The molecule has 4 atom stereocenters. The maximum atomic E-state index is 13.7. The van der Waals surface area contributed by atoms with E-state index >= 15 is 0 Å². The van der Waals surface area contributed by atoms with Crippen LogP contribution in [-0.2, 0) is 27.4 Å². The Bertz CT molecular complexity index is 1360. The molecule has 2 aromatic rings. The first-order valence-electron chi connectivity index (χ1n) is 14.4. The number of benzene rings is 2. The van der Waals surface area contributed by atoms with Gasteiger partial charge in [0.25, 0.3) is 0 Å². The zero-order chi connectivity index (χ0) is 31.1. The van der Waals surface area contributed by atoms with Gasteiger partial charge in [-0.3, -0.25) is 9.59 Å². The molecule has 0 spiro atoms. The van der Waals surface area contributed by atoms with Crippen molar-refractivity contribution in [2.45, 2.75) is 63.4 Å². The molecule has 4 N–H and O–H groups in total. The number of ether oxygens (including phenoxy) is 3. The number of ketones is 1. The SMILES string of the molecule is COc1cccc(CCN(C(=O)CCCC(C)=O)C2C=C(C(=O)NCCO)C3c4cc(CO)cc(OC)c4OC3C2O)c1. The molecule has 0 radical (unpaired) electrons. The number of carbonyl (C=O) groups is 3. The van der Waals surface area contributed by atoms with E-state index in [2.05, 4.69) is 5.32 Å². The first-order chi connectivity index (χ1) is 20.7. The fourth-order valence-corrected chi connectivity index (χ4v) is 5.77. The first-order valence-corrected chi connectivity index (χ1v) is 14.4. The van der Waals surface area contributed by atoms with E-state index in [9.17, 15) is 29.7 Å². The van der Waals surface area contributed by atoms with E-state index in [-0.39, 0.29) is 56.4 Å². The second-order valence-electron chi connectivity index (χ2n) is 10.8. The number of nitrogens with one attached hydrogen (secondary N) is 1. The van der Waals surface area contributed by atoms with Gasteiger partial charge in [-0.25, -0.2) is 0 Å². The third-order valence-corrected chi connectivity index (χ3v) is 7.87. The van der Waals surface area contributed by atoms with Crippen LogP contribution in [-0.4, -0.2) is 90.0 Å². The Labute approximate surface area is 251 Å². The van der Waals surface area contributed by atoms with Gasteiger partial charge in [-0.15, -0.1) is 0 Å². The fourth-order valence-electron chi connectivity index (χ4n) is 5.77. The van der Waals surface area contributed by atoms with Gasteiger partial charge >= 0.3 is 0 Å². The molecular formula is C32H40N2O9. The maximum Gasteiger partial charge on any atom is 0.247 e. The van der Waals surface area contributed by atoms with Crippen molar-refractivity contribution in [2.75, 3.05) is 33.9 Å². The molecule has 0 aromatic heterocycles. The summed E-state index contributed by atoms with van der Waals surface area (Å²) < 4.78 is 17.1. The molecule has 0 bridgehead atoms.